The number of nitrogen functional groups attached to an aromatic ring is 1. The van der Waals surface area contributed by atoms with Crippen molar-refractivity contribution < 1.29 is 4.74 Å². The van der Waals surface area contributed by atoms with E-state index in [-0.39, 0.29) is 0 Å². The fourth-order valence-electron chi connectivity index (χ4n) is 2.24. The molecule has 0 saturated heterocycles. The maximum absolute atomic E-state index is 5.92. The highest BCUT2D eigenvalue weighted by atomic mass is 35.5. The topological polar surface area (TPSA) is 35.2 Å². The van der Waals surface area contributed by atoms with Gasteiger partial charge in [-0.1, -0.05) is 35.4 Å². The van der Waals surface area contributed by atoms with Crippen LogP contribution in [-0.2, 0) is 6.61 Å². The number of anilines is 1. The van der Waals surface area contributed by atoms with Crippen LogP contribution in [0, 0.1) is 20.8 Å². The fourth-order valence-corrected chi connectivity index (χ4v) is 2.42. The van der Waals surface area contributed by atoms with Gasteiger partial charge >= 0.3 is 0 Å². The maximum atomic E-state index is 5.92. The van der Waals surface area contributed by atoms with Gasteiger partial charge in [-0.3, -0.25) is 0 Å². The second kappa shape index (κ2) is 5.54. The van der Waals surface area contributed by atoms with Gasteiger partial charge in [0.25, 0.3) is 0 Å². The summed E-state index contributed by atoms with van der Waals surface area (Å²) >= 11 is 5.88. The van der Waals surface area contributed by atoms with E-state index in [0.29, 0.717) is 17.3 Å². The first-order valence-electron chi connectivity index (χ1n) is 6.22. The number of rotatable bonds is 3. The van der Waals surface area contributed by atoms with Crippen molar-refractivity contribution >= 4 is 17.3 Å². The molecule has 2 aromatic rings. The number of hydrogen-bond acceptors (Lipinski definition) is 2. The van der Waals surface area contributed by atoms with Gasteiger partial charge in [0.05, 0.1) is 0 Å². The summed E-state index contributed by atoms with van der Waals surface area (Å²) in [6.45, 7) is 6.65. The third-order valence-corrected chi connectivity index (χ3v) is 3.32. The van der Waals surface area contributed by atoms with Crippen molar-refractivity contribution in [3.05, 3.63) is 57.6 Å². The third-order valence-electron chi connectivity index (χ3n) is 3.08. The Morgan fingerprint density at radius 3 is 2.26 bits per heavy atom. The first-order valence-corrected chi connectivity index (χ1v) is 6.59. The Kier molecular flexibility index (Phi) is 4.01. The van der Waals surface area contributed by atoms with Crippen LogP contribution in [-0.4, -0.2) is 0 Å². The van der Waals surface area contributed by atoms with Crippen molar-refractivity contribution in [3.63, 3.8) is 0 Å². The van der Waals surface area contributed by atoms with Crippen LogP contribution in [0.5, 0.6) is 5.75 Å². The van der Waals surface area contributed by atoms with Crippen LogP contribution in [0.3, 0.4) is 0 Å². The molecule has 0 aromatic heterocycles. The predicted octanol–water partition coefficient (Wildman–Crippen LogP) is 4.43. The average molecular weight is 276 g/mol. The highest BCUT2D eigenvalue weighted by Crippen LogP contribution is 2.26. The van der Waals surface area contributed by atoms with Gasteiger partial charge in [0.1, 0.15) is 12.4 Å². The Balaban J connectivity index is 2.19. The summed E-state index contributed by atoms with van der Waals surface area (Å²) in [5.41, 5.74) is 11.1. The Morgan fingerprint density at radius 2 is 1.68 bits per heavy atom. The molecule has 0 unspecified atom stereocenters. The first kappa shape index (κ1) is 13.8. The minimum Gasteiger partial charge on any atom is -0.488 e. The summed E-state index contributed by atoms with van der Waals surface area (Å²) in [5.74, 6) is 0.931. The summed E-state index contributed by atoms with van der Waals surface area (Å²) in [6.07, 6.45) is 0. The largest absolute Gasteiger partial charge is 0.488 e. The Hall–Kier alpha value is -1.67. The van der Waals surface area contributed by atoms with E-state index in [2.05, 4.69) is 32.9 Å². The molecule has 2 N–H and O–H groups in total. The Labute approximate surface area is 119 Å². The molecule has 0 aliphatic rings. The molecular formula is C16H18ClNO. The minimum atomic E-state index is 0.452. The van der Waals surface area contributed by atoms with E-state index in [1.54, 1.807) is 6.07 Å². The summed E-state index contributed by atoms with van der Waals surface area (Å²) in [4.78, 5) is 0. The molecule has 2 aromatic carbocycles. The van der Waals surface area contributed by atoms with Crippen molar-refractivity contribution in [3.8, 4) is 5.75 Å². The van der Waals surface area contributed by atoms with Gasteiger partial charge in [0.15, 0.2) is 0 Å². The second-order valence-corrected chi connectivity index (χ2v) is 5.30. The number of halogens is 1. The van der Waals surface area contributed by atoms with Gasteiger partial charge < -0.3 is 10.5 Å². The summed E-state index contributed by atoms with van der Waals surface area (Å²) in [6, 6.07) is 9.71. The molecular weight excluding hydrogens is 258 g/mol. The highest BCUT2D eigenvalue weighted by Gasteiger charge is 2.07. The minimum absolute atomic E-state index is 0.452. The van der Waals surface area contributed by atoms with Crippen LogP contribution >= 0.6 is 11.6 Å². The molecule has 19 heavy (non-hydrogen) atoms. The molecule has 0 saturated carbocycles. The van der Waals surface area contributed by atoms with E-state index in [4.69, 9.17) is 22.1 Å². The van der Waals surface area contributed by atoms with E-state index in [1.165, 1.54) is 5.56 Å². The van der Waals surface area contributed by atoms with Gasteiger partial charge in [0.2, 0.25) is 0 Å². The average Bonchev–Trinajstić information content (AvgIpc) is 2.30. The predicted molar refractivity (Wildman–Crippen MR) is 80.8 cm³/mol. The summed E-state index contributed by atoms with van der Waals surface area (Å²) in [5, 5.41) is 0.643. The van der Waals surface area contributed by atoms with E-state index in [0.717, 1.165) is 22.4 Å². The molecule has 0 aliphatic carbocycles. The number of nitrogens with two attached hydrogens (primary N) is 1. The van der Waals surface area contributed by atoms with Crippen molar-refractivity contribution in [1.82, 2.24) is 0 Å². The lowest BCUT2D eigenvalue weighted by Crippen LogP contribution is -2.02. The van der Waals surface area contributed by atoms with Gasteiger partial charge in [0, 0.05) is 16.3 Å². The quantitative estimate of drug-likeness (QED) is 0.841. The zero-order chi connectivity index (χ0) is 14.0. The lowest BCUT2D eigenvalue weighted by Gasteiger charge is -2.14. The summed E-state index contributed by atoms with van der Waals surface area (Å²) < 4.78 is 5.91. The number of ether oxygens (including phenoxy) is 1. The van der Waals surface area contributed by atoms with Crippen LogP contribution in [0.2, 0.25) is 5.02 Å². The van der Waals surface area contributed by atoms with E-state index in [9.17, 15) is 0 Å². The van der Waals surface area contributed by atoms with Crippen molar-refractivity contribution in [2.45, 2.75) is 27.4 Å². The van der Waals surface area contributed by atoms with Crippen LogP contribution in [0.1, 0.15) is 22.3 Å². The number of hydrogen-bond donors (Lipinski definition) is 1. The molecule has 0 bridgehead atoms. The molecule has 0 aliphatic heterocycles. The van der Waals surface area contributed by atoms with Gasteiger partial charge in [-0.15, -0.1) is 0 Å². The molecule has 0 amide bonds. The maximum Gasteiger partial charge on any atom is 0.125 e. The number of aryl methyl sites for hydroxylation is 3. The molecule has 0 atom stereocenters. The van der Waals surface area contributed by atoms with Crippen LogP contribution in [0.4, 0.5) is 5.69 Å². The van der Waals surface area contributed by atoms with E-state index in [1.807, 2.05) is 12.1 Å². The van der Waals surface area contributed by atoms with Crippen molar-refractivity contribution in [1.29, 1.82) is 0 Å². The van der Waals surface area contributed by atoms with E-state index < -0.39 is 0 Å². The van der Waals surface area contributed by atoms with Crippen LogP contribution in [0.15, 0.2) is 30.3 Å². The molecule has 0 spiro atoms. The Bertz CT molecular complexity index is 585. The monoisotopic (exact) mass is 275 g/mol. The second-order valence-electron chi connectivity index (χ2n) is 4.86. The standard InChI is InChI=1S/C16H18ClNO/c1-10-6-11(2)16(12(3)7-10)19-9-13-4-5-14(17)8-15(13)18/h4-8H,9,18H2,1-3H3. The first-order chi connectivity index (χ1) is 8.97. The summed E-state index contributed by atoms with van der Waals surface area (Å²) in [7, 11) is 0. The van der Waals surface area contributed by atoms with Gasteiger partial charge in [-0.2, -0.15) is 0 Å². The highest BCUT2D eigenvalue weighted by molar-refractivity contribution is 6.30. The SMILES string of the molecule is Cc1cc(C)c(OCc2ccc(Cl)cc2N)c(C)c1. The van der Waals surface area contributed by atoms with E-state index >= 15 is 0 Å². The molecule has 2 nitrogen and oxygen atoms in total. The van der Waals surface area contributed by atoms with Crippen molar-refractivity contribution in [2.24, 2.45) is 0 Å². The molecule has 0 fully saturated rings. The molecule has 100 valence electrons. The molecule has 0 heterocycles. The molecule has 0 radical (unpaired) electrons. The molecule has 3 heteroatoms. The fraction of sp³-hybridized carbons (Fsp3) is 0.250. The van der Waals surface area contributed by atoms with Gasteiger partial charge in [-0.25, -0.2) is 0 Å². The Morgan fingerprint density at radius 1 is 1.05 bits per heavy atom. The smallest absolute Gasteiger partial charge is 0.125 e. The normalized spacial score (nSPS) is 10.5. The zero-order valence-corrected chi connectivity index (χ0v) is 12.2. The third kappa shape index (κ3) is 3.21. The number of benzene rings is 2. The lowest BCUT2D eigenvalue weighted by atomic mass is 10.1. The van der Waals surface area contributed by atoms with Gasteiger partial charge in [-0.05, 0) is 44.0 Å². The molecule has 2 rings (SSSR count). The van der Waals surface area contributed by atoms with Crippen molar-refractivity contribution in [2.75, 3.05) is 5.73 Å². The van der Waals surface area contributed by atoms with Crippen LogP contribution < -0.4 is 10.5 Å². The lowest BCUT2D eigenvalue weighted by molar-refractivity contribution is 0.302. The van der Waals surface area contributed by atoms with Crippen LogP contribution in [0.25, 0.3) is 0 Å². The zero-order valence-electron chi connectivity index (χ0n) is 11.5.